The number of hydrogen-bond acceptors (Lipinski definition) is 2. The third kappa shape index (κ3) is 3.25. The normalized spacial score (nSPS) is 18.9. The van der Waals surface area contributed by atoms with Crippen molar-refractivity contribution in [2.45, 2.75) is 38.3 Å². The zero-order valence-electron chi connectivity index (χ0n) is 11.2. The number of halogens is 2. The second-order valence-electron chi connectivity index (χ2n) is 5.20. The van der Waals surface area contributed by atoms with Crippen LogP contribution in [0.15, 0.2) is 24.3 Å². The van der Waals surface area contributed by atoms with Crippen LogP contribution in [-0.2, 0) is 10.3 Å². The summed E-state index contributed by atoms with van der Waals surface area (Å²) in [6.45, 7) is 3.59. The predicted molar refractivity (Wildman–Crippen MR) is 75.5 cm³/mol. The topological polar surface area (TPSA) is 55.1 Å². The Kier molecular flexibility index (Phi) is 4.93. The fourth-order valence-electron chi connectivity index (χ4n) is 2.02. The van der Waals surface area contributed by atoms with Crippen molar-refractivity contribution in [1.82, 2.24) is 5.32 Å². The van der Waals surface area contributed by atoms with Gasteiger partial charge in [-0.05, 0) is 25.8 Å². The standard InChI is InChI=1S/C14H19FN2O.ClH/c1-9(10(2)16)13(18)17-14(7-8-14)11-5-3-4-6-12(11)15;/h3-6,9-10H,7-8,16H2,1-2H3,(H,17,18);1H. The Morgan fingerprint density at radius 2 is 1.95 bits per heavy atom. The molecule has 0 bridgehead atoms. The van der Waals surface area contributed by atoms with Crippen molar-refractivity contribution >= 4 is 18.3 Å². The van der Waals surface area contributed by atoms with Gasteiger partial charge in [0.2, 0.25) is 5.91 Å². The maximum absolute atomic E-state index is 13.8. The van der Waals surface area contributed by atoms with Crippen LogP contribution in [0.5, 0.6) is 0 Å². The minimum atomic E-state index is -0.508. The molecule has 19 heavy (non-hydrogen) atoms. The van der Waals surface area contributed by atoms with Crippen molar-refractivity contribution in [3.05, 3.63) is 35.6 Å². The van der Waals surface area contributed by atoms with Crippen molar-refractivity contribution in [3.63, 3.8) is 0 Å². The van der Waals surface area contributed by atoms with Crippen LogP contribution in [0.4, 0.5) is 4.39 Å². The smallest absolute Gasteiger partial charge is 0.225 e. The number of carbonyl (C=O) groups excluding carboxylic acids is 1. The first-order chi connectivity index (χ1) is 8.46. The van der Waals surface area contributed by atoms with E-state index in [4.69, 9.17) is 5.73 Å². The first-order valence-corrected chi connectivity index (χ1v) is 6.29. The third-order valence-electron chi connectivity index (χ3n) is 3.70. The molecule has 0 saturated heterocycles. The number of amides is 1. The Morgan fingerprint density at radius 3 is 2.42 bits per heavy atom. The van der Waals surface area contributed by atoms with Crippen molar-refractivity contribution in [1.29, 1.82) is 0 Å². The van der Waals surface area contributed by atoms with Crippen molar-refractivity contribution in [2.24, 2.45) is 11.7 Å². The average molecular weight is 287 g/mol. The summed E-state index contributed by atoms with van der Waals surface area (Å²) in [4.78, 5) is 12.0. The molecule has 1 aliphatic carbocycles. The number of hydrogen-bond donors (Lipinski definition) is 2. The van der Waals surface area contributed by atoms with Gasteiger partial charge in [-0.1, -0.05) is 25.1 Å². The van der Waals surface area contributed by atoms with Gasteiger partial charge in [-0.25, -0.2) is 4.39 Å². The average Bonchev–Trinajstić information content (AvgIpc) is 3.09. The first kappa shape index (κ1) is 15.9. The molecule has 2 unspecified atom stereocenters. The number of rotatable bonds is 4. The van der Waals surface area contributed by atoms with Crippen LogP contribution in [-0.4, -0.2) is 11.9 Å². The monoisotopic (exact) mass is 286 g/mol. The van der Waals surface area contributed by atoms with E-state index in [-0.39, 0.29) is 36.1 Å². The Bertz CT molecular complexity index is 461. The van der Waals surface area contributed by atoms with Crippen LogP contribution in [0.3, 0.4) is 0 Å². The van der Waals surface area contributed by atoms with Crippen molar-refractivity contribution < 1.29 is 9.18 Å². The first-order valence-electron chi connectivity index (χ1n) is 6.29. The van der Waals surface area contributed by atoms with Crippen molar-refractivity contribution in [2.75, 3.05) is 0 Å². The van der Waals surface area contributed by atoms with E-state index in [1.807, 2.05) is 0 Å². The number of nitrogens with two attached hydrogens (primary N) is 1. The molecule has 1 aliphatic rings. The molecule has 0 aliphatic heterocycles. The Hall–Kier alpha value is -1.13. The van der Waals surface area contributed by atoms with Crippen LogP contribution in [0.1, 0.15) is 32.3 Å². The molecule has 1 saturated carbocycles. The summed E-state index contributed by atoms with van der Waals surface area (Å²) in [6.07, 6.45) is 1.57. The highest BCUT2D eigenvalue weighted by Crippen LogP contribution is 2.46. The maximum atomic E-state index is 13.8. The number of carbonyl (C=O) groups is 1. The quantitative estimate of drug-likeness (QED) is 0.893. The van der Waals surface area contributed by atoms with E-state index < -0.39 is 5.54 Å². The van der Waals surface area contributed by atoms with Gasteiger partial charge < -0.3 is 11.1 Å². The second-order valence-corrected chi connectivity index (χ2v) is 5.20. The molecule has 0 radical (unpaired) electrons. The van der Waals surface area contributed by atoms with Gasteiger partial charge in [0, 0.05) is 17.5 Å². The summed E-state index contributed by atoms with van der Waals surface area (Å²) in [6, 6.07) is 6.40. The summed E-state index contributed by atoms with van der Waals surface area (Å²) in [5.74, 6) is -0.635. The van der Waals surface area contributed by atoms with Crippen LogP contribution >= 0.6 is 12.4 Å². The van der Waals surface area contributed by atoms with Crippen LogP contribution < -0.4 is 11.1 Å². The molecule has 0 aromatic heterocycles. The lowest BCUT2D eigenvalue weighted by atomic mass is 10.00. The molecule has 1 fully saturated rings. The lowest BCUT2D eigenvalue weighted by Crippen LogP contribution is -2.43. The highest BCUT2D eigenvalue weighted by atomic mass is 35.5. The largest absolute Gasteiger partial charge is 0.346 e. The summed E-state index contributed by atoms with van der Waals surface area (Å²) in [5.41, 5.74) is 5.78. The molecule has 106 valence electrons. The summed E-state index contributed by atoms with van der Waals surface area (Å²) < 4.78 is 13.8. The molecule has 1 amide bonds. The summed E-state index contributed by atoms with van der Waals surface area (Å²) >= 11 is 0. The van der Waals surface area contributed by atoms with Gasteiger partial charge in [-0.3, -0.25) is 4.79 Å². The zero-order valence-corrected chi connectivity index (χ0v) is 12.0. The van der Waals surface area contributed by atoms with Crippen molar-refractivity contribution in [3.8, 4) is 0 Å². The zero-order chi connectivity index (χ0) is 13.3. The van der Waals surface area contributed by atoms with Gasteiger partial charge in [0.05, 0.1) is 5.54 Å². The molecule has 3 N–H and O–H groups in total. The summed E-state index contributed by atoms with van der Waals surface area (Å²) in [5, 5.41) is 2.95. The fraction of sp³-hybridized carbons (Fsp3) is 0.500. The van der Waals surface area contributed by atoms with E-state index in [1.54, 1.807) is 32.0 Å². The molecule has 0 spiro atoms. The third-order valence-corrected chi connectivity index (χ3v) is 3.70. The lowest BCUT2D eigenvalue weighted by Gasteiger charge is -2.22. The number of nitrogens with one attached hydrogen (secondary N) is 1. The highest BCUT2D eigenvalue weighted by molar-refractivity contribution is 5.85. The predicted octanol–water partition coefficient (Wildman–Crippen LogP) is 2.34. The maximum Gasteiger partial charge on any atom is 0.225 e. The minimum Gasteiger partial charge on any atom is -0.346 e. The van der Waals surface area contributed by atoms with E-state index in [9.17, 15) is 9.18 Å². The Morgan fingerprint density at radius 1 is 1.37 bits per heavy atom. The summed E-state index contributed by atoms with van der Waals surface area (Å²) in [7, 11) is 0. The van der Waals surface area contributed by atoms with Gasteiger partial charge in [-0.15, -0.1) is 12.4 Å². The Balaban J connectivity index is 0.00000180. The Labute approximate surface area is 119 Å². The molecule has 1 aromatic carbocycles. The number of benzene rings is 1. The van der Waals surface area contributed by atoms with Gasteiger partial charge >= 0.3 is 0 Å². The second kappa shape index (κ2) is 5.88. The molecule has 2 atom stereocenters. The minimum absolute atomic E-state index is 0. The van der Waals surface area contributed by atoms with E-state index in [2.05, 4.69) is 5.32 Å². The fourth-order valence-corrected chi connectivity index (χ4v) is 2.02. The van der Waals surface area contributed by atoms with E-state index in [0.29, 0.717) is 5.56 Å². The SMILES string of the molecule is CC(N)C(C)C(=O)NC1(c2ccccc2F)CC1.Cl. The molecule has 2 rings (SSSR count). The van der Waals surface area contributed by atoms with Gasteiger partial charge in [0.15, 0.2) is 0 Å². The molecular weight excluding hydrogens is 267 g/mol. The molecule has 1 aromatic rings. The van der Waals surface area contributed by atoms with Crippen LogP contribution in [0, 0.1) is 11.7 Å². The highest BCUT2D eigenvalue weighted by Gasteiger charge is 2.47. The lowest BCUT2D eigenvalue weighted by molar-refractivity contribution is -0.126. The van der Waals surface area contributed by atoms with Gasteiger partial charge in [-0.2, -0.15) is 0 Å². The van der Waals surface area contributed by atoms with E-state index in [1.165, 1.54) is 6.07 Å². The van der Waals surface area contributed by atoms with Gasteiger partial charge in [0.25, 0.3) is 0 Å². The van der Waals surface area contributed by atoms with E-state index in [0.717, 1.165) is 12.8 Å². The molecule has 3 nitrogen and oxygen atoms in total. The molecule has 0 heterocycles. The van der Waals surface area contributed by atoms with Crippen LogP contribution in [0.2, 0.25) is 0 Å². The molecule has 5 heteroatoms. The van der Waals surface area contributed by atoms with E-state index >= 15 is 0 Å². The van der Waals surface area contributed by atoms with Gasteiger partial charge in [0.1, 0.15) is 5.82 Å². The molecular formula is C14H20ClFN2O. The van der Waals surface area contributed by atoms with Crippen LogP contribution in [0.25, 0.3) is 0 Å².